The average molecular weight is 202 g/mol. The van der Waals surface area contributed by atoms with E-state index in [1.165, 1.54) is 11.3 Å². The van der Waals surface area contributed by atoms with Crippen LogP contribution in [0.15, 0.2) is 0 Å². The van der Waals surface area contributed by atoms with Gasteiger partial charge in [-0.3, -0.25) is 0 Å². The highest BCUT2D eigenvalue weighted by Gasteiger charge is 2.10. The number of aliphatic hydroxyl groups excluding tert-OH is 1. The van der Waals surface area contributed by atoms with E-state index in [1.807, 2.05) is 19.0 Å². The maximum atomic E-state index is 9.04. The lowest BCUT2D eigenvalue weighted by atomic mass is 10.4. The number of hydrogen-bond acceptors (Lipinski definition) is 5. The molecule has 0 saturated carbocycles. The van der Waals surface area contributed by atoms with Crippen molar-refractivity contribution < 1.29 is 9.84 Å². The molecule has 1 aromatic rings. The SMILES string of the molecule is COCc1nc(N(C)C)sc1CO. The molecule has 13 heavy (non-hydrogen) atoms. The molecule has 74 valence electrons. The minimum atomic E-state index is 0.0319. The molecule has 0 bridgehead atoms. The van der Waals surface area contributed by atoms with Gasteiger partial charge in [0.2, 0.25) is 0 Å². The summed E-state index contributed by atoms with van der Waals surface area (Å²) in [6, 6.07) is 0. The van der Waals surface area contributed by atoms with Crippen LogP contribution in [0.25, 0.3) is 0 Å². The quantitative estimate of drug-likeness (QED) is 0.786. The van der Waals surface area contributed by atoms with Gasteiger partial charge in [0.25, 0.3) is 0 Å². The molecule has 1 aromatic heterocycles. The van der Waals surface area contributed by atoms with Gasteiger partial charge < -0.3 is 14.7 Å². The molecule has 0 saturated heterocycles. The Bertz CT molecular complexity index is 273. The van der Waals surface area contributed by atoms with Gasteiger partial charge in [-0.25, -0.2) is 4.98 Å². The monoisotopic (exact) mass is 202 g/mol. The van der Waals surface area contributed by atoms with Crippen LogP contribution in [0.1, 0.15) is 10.6 Å². The number of nitrogens with zero attached hydrogens (tertiary/aromatic N) is 2. The minimum Gasteiger partial charge on any atom is -0.391 e. The summed E-state index contributed by atoms with van der Waals surface area (Å²) < 4.78 is 4.98. The van der Waals surface area contributed by atoms with E-state index in [2.05, 4.69) is 4.98 Å². The fraction of sp³-hybridized carbons (Fsp3) is 0.625. The zero-order chi connectivity index (χ0) is 9.84. The van der Waals surface area contributed by atoms with Gasteiger partial charge >= 0.3 is 0 Å². The van der Waals surface area contributed by atoms with Crippen LogP contribution in [0.4, 0.5) is 5.13 Å². The first-order valence-corrected chi connectivity index (χ1v) is 4.76. The number of aromatic nitrogens is 1. The summed E-state index contributed by atoms with van der Waals surface area (Å²) in [7, 11) is 5.48. The maximum Gasteiger partial charge on any atom is 0.185 e. The molecule has 0 aromatic carbocycles. The summed E-state index contributed by atoms with van der Waals surface area (Å²) in [5.41, 5.74) is 0.832. The van der Waals surface area contributed by atoms with E-state index in [-0.39, 0.29) is 6.61 Å². The van der Waals surface area contributed by atoms with E-state index in [9.17, 15) is 0 Å². The lowest BCUT2D eigenvalue weighted by Gasteiger charge is -2.05. The van der Waals surface area contributed by atoms with Gasteiger partial charge in [-0.15, -0.1) is 0 Å². The number of aliphatic hydroxyl groups is 1. The lowest BCUT2D eigenvalue weighted by molar-refractivity contribution is 0.179. The summed E-state index contributed by atoms with van der Waals surface area (Å²) >= 11 is 1.49. The lowest BCUT2D eigenvalue weighted by Crippen LogP contribution is -2.08. The Balaban J connectivity index is 2.90. The van der Waals surface area contributed by atoms with Crippen molar-refractivity contribution in [3.8, 4) is 0 Å². The third-order valence-corrected chi connectivity index (χ3v) is 2.82. The molecule has 0 atom stereocenters. The Morgan fingerprint density at radius 2 is 2.23 bits per heavy atom. The van der Waals surface area contributed by atoms with Crippen LogP contribution in [0.5, 0.6) is 0 Å². The molecular weight excluding hydrogens is 188 g/mol. The molecule has 0 aliphatic rings. The molecule has 0 aliphatic carbocycles. The van der Waals surface area contributed by atoms with Crippen molar-refractivity contribution in [2.24, 2.45) is 0 Å². The summed E-state index contributed by atoms with van der Waals surface area (Å²) in [4.78, 5) is 7.13. The summed E-state index contributed by atoms with van der Waals surface area (Å²) in [5.74, 6) is 0. The fourth-order valence-electron chi connectivity index (χ4n) is 0.934. The molecular formula is C8H14N2O2S. The van der Waals surface area contributed by atoms with Gasteiger partial charge in [0.15, 0.2) is 5.13 Å². The normalized spacial score (nSPS) is 10.5. The minimum absolute atomic E-state index is 0.0319. The van der Waals surface area contributed by atoms with Crippen molar-refractivity contribution in [3.63, 3.8) is 0 Å². The van der Waals surface area contributed by atoms with E-state index in [0.29, 0.717) is 6.61 Å². The van der Waals surface area contributed by atoms with Crippen molar-refractivity contribution in [3.05, 3.63) is 10.6 Å². The molecule has 0 fully saturated rings. The largest absolute Gasteiger partial charge is 0.391 e. The zero-order valence-corrected chi connectivity index (χ0v) is 8.89. The van der Waals surface area contributed by atoms with Crippen LogP contribution in [0, 0.1) is 0 Å². The molecule has 0 unspecified atom stereocenters. The third kappa shape index (κ3) is 2.40. The molecule has 0 radical (unpaired) electrons. The standard InChI is InChI=1S/C8H14N2O2S/c1-10(2)8-9-6(5-12-3)7(4-11)13-8/h11H,4-5H2,1-3H3. The van der Waals surface area contributed by atoms with E-state index in [4.69, 9.17) is 9.84 Å². The maximum absolute atomic E-state index is 9.04. The number of rotatable bonds is 4. The van der Waals surface area contributed by atoms with Crippen LogP contribution in [-0.4, -0.2) is 31.3 Å². The number of methoxy groups -OCH3 is 1. The van der Waals surface area contributed by atoms with E-state index < -0.39 is 0 Å². The van der Waals surface area contributed by atoms with Gasteiger partial charge in [-0.2, -0.15) is 0 Å². The number of thiazole rings is 1. The molecule has 0 spiro atoms. The first-order chi connectivity index (χ1) is 6.19. The van der Waals surface area contributed by atoms with Crippen LogP contribution in [0.2, 0.25) is 0 Å². The average Bonchev–Trinajstić information content (AvgIpc) is 2.48. The highest BCUT2D eigenvalue weighted by Crippen LogP contribution is 2.25. The van der Waals surface area contributed by atoms with Gasteiger partial charge in [0, 0.05) is 21.2 Å². The second kappa shape index (κ2) is 4.55. The van der Waals surface area contributed by atoms with Crippen molar-refractivity contribution in [2.75, 3.05) is 26.1 Å². The number of hydrogen-bond donors (Lipinski definition) is 1. The Labute approximate surface area is 81.8 Å². The smallest absolute Gasteiger partial charge is 0.185 e. The second-order valence-electron chi connectivity index (χ2n) is 2.85. The van der Waals surface area contributed by atoms with Crippen molar-refractivity contribution in [2.45, 2.75) is 13.2 Å². The summed E-state index contributed by atoms with van der Waals surface area (Å²) in [6.45, 7) is 0.491. The van der Waals surface area contributed by atoms with Crippen LogP contribution in [0.3, 0.4) is 0 Å². The molecule has 1 heterocycles. The van der Waals surface area contributed by atoms with Gasteiger partial charge in [-0.05, 0) is 0 Å². The van der Waals surface area contributed by atoms with Crippen molar-refractivity contribution in [1.82, 2.24) is 4.98 Å². The summed E-state index contributed by atoms with van der Waals surface area (Å²) in [5, 5.41) is 9.94. The first kappa shape index (κ1) is 10.4. The molecule has 1 rings (SSSR count). The number of ether oxygens (including phenoxy) is 1. The van der Waals surface area contributed by atoms with Crippen LogP contribution in [-0.2, 0) is 18.0 Å². The molecule has 5 heteroatoms. The molecule has 0 amide bonds. The molecule has 4 nitrogen and oxygen atoms in total. The van der Waals surface area contributed by atoms with Gasteiger partial charge in [0.1, 0.15) is 0 Å². The Morgan fingerprint density at radius 1 is 1.54 bits per heavy atom. The van der Waals surface area contributed by atoms with Crippen molar-refractivity contribution in [1.29, 1.82) is 0 Å². The predicted octanol–water partition coefficient (Wildman–Crippen LogP) is 0.848. The Kier molecular flexibility index (Phi) is 3.65. The molecule has 1 N–H and O–H groups in total. The van der Waals surface area contributed by atoms with Gasteiger partial charge in [-0.1, -0.05) is 11.3 Å². The van der Waals surface area contributed by atoms with E-state index >= 15 is 0 Å². The number of anilines is 1. The van der Waals surface area contributed by atoms with E-state index in [1.54, 1.807) is 7.11 Å². The second-order valence-corrected chi connectivity index (χ2v) is 3.91. The zero-order valence-electron chi connectivity index (χ0n) is 8.07. The third-order valence-electron chi connectivity index (χ3n) is 1.57. The first-order valence-electron chi connectivity index (χ1n) is 3.94. The van der Waals surface area contributed by atoms with E-state index in [0.717, 1.165) is 15.7 Å². The van der Waals surface area contributed by atoms with Crippen LogP contribution < -0.4 is 4.90 Å². The Hall–Kier alpha value is -0.650. The summed E-state index contributed by atoms with van der Waals surface area (Å²) in [6.07, 6.45) is 0. The highest BCUT2D eigenvalue weighted by atomic mass is 32.1. The highest BCUT2D eigenvalue weighted by molar-refractivity contribution is 7.15. The molecule has 0 aliphatic heterocycles. The predicted molar refractivity (Wildman–Crippen MR) is 53.1 cm³/mol. The van der Waals surface area contributed by atoms with Crippen molar-refractivity contribution >= 4 is 16.5 Å². The van der Waals surface area contributed by atoms with Gasteiger partial charge in [0.05, 0.1) is 23.8 Å². The fourth-order valence-corrected chi connectivity index (χ4v) is 1.78. The topological polar surface area (TPSA) is 45.6 Å². The van der Waals surface area contributed by atoms with Crippen LogP contribution >= 0.6 is 11.3 Å². The Morgan fingerprint density at radius 3 is 2.69 bits per heavy atom.